The van der Waals surface area contributed by atoms with Gasteiger partial charge in [-0.15, -0.1) is 0 Å². The first-order valence-corrected chi connectivity index (χ1v) is 3.65. The lowest BCUT2D eigenvalue weighted by Gasteiger charge is -2.08. The Kier molecular flexibility index (Phi) is 10.1. The fourth-order valence-electron chi connectivity index (χ4n) is 0.234. The van der Waals surface area contributed by atoms with Crippen LogP contribution >= 0.6 is 12.2 Å². The molecule has 0 N–H and O–H groups in total. The molecule has 1 nitrogen and oxygen atoms in total. The number of likely N-dealkylation sites (N-methyl/N-ethyl adjacent to an activating group) is 1. The minimum absolute atomic E-state index is 0.694. The van der Waals surface area contributed by atoms with Crippen LogP contribution < -0.4 is 0 Å². The average Bonchev–Trinajstić information content (AvgIpc) is 2.05. The zero-order valence-corrected chi connectivity index (χ0v) is 7.74. The summed E-state index contributed by atoms with van der Waals surface area (Å²) in [7, 11) is 1.83. The van der Waals surface area contributed by atoms with Gasteiger partial charge in [0, 0.05) is 7.05 Å². The maximum atomic E-state index is 4.81. The van der Waals surface area contributed by atoms with Crippen molar-refractivity contribution in [2.45, 2.75) is 13.8 Å². The van der Waals surface area contributed by atoms with Gasteiger partial charge >= 0.3 is 0 Å². The standard InChI is InChI=1S/C6H9NS.C2H6/c1-4-6(8)7(3)5-2;1-2/h4-5H,1-2H2,3H3;1-2H3. The number of hydrogen-bond acceptors (Lipinski definition) is 1. The molecule has 0 saturated carbocycles. The lowest BCUT2D eigenvalue weighted by Crippen LogP contribution is -2.14. The molecule has 0 aliphatic carbocycles. The average molecular weight is 157 g/mol. The van der Waals surface area contributed by atoms with Crippen molar-refractivity contribution in [3.05, 3.63) is 25.4 Å². The van der Waals surface area contributed by atoms with Crippen LogP contribution in [0.1, 0.15) is 13.8 Å². The highest BCUT2D eigenvalue weighted by Crippen LogP contribution is 1.86. The van der Waals surface area contributed by atoms with Crippen LogP contribution in [0.15, 0.2) is 25.4 Å². The van der Waals surface area contributed by atoms with E-state index in [1.807, 2.05) is 20.9 Å². The molecular formula is C8H15NS. The van der Waals surface area contributed by atoms with Crippen LogP contribution in [0.25, 0.3) is 0 Å². The van der Waals surface area contributed by atoms with Gasteiger partial charge in [0.05, 0.1) is 0 Å². The Morgan fingerprint density at radius 1 is 1.40 bits per heavy atom. The third-order valence-corrected chi connectivity index (χ3v) is 1.25. The fourth-order valence-corrected chi connectivity index (χ4v) is 0.308. The largest absolute Gasteiger partial charge is 0.343 e. The van der Waals surface area contributed by atoms with Gasteiger partial charge in [0.2, 0.25) is 0 Å². The normalized spacial score (nSPS) is 6.70. The zero-order valence-electron chi connectivity index (χ0n) is 6.92. The van der Waals surface area contributed by atoms with Gasteiger partial charge in [0.15, 0.2) is 0 Å². The van der Waals surface area contributed by atoms with Crippen molar-refractivity contribution < 1.29 is 0 Å². The molecule has 0 fully saturated rings. The molecule has 0 aliphatic heterocycles. The molecule has 0 aromatic rings. The van der Waals surface area contributed by atoms with Gasteiger partial charge < -0.3 is 4.90 Å². The van der Waals surface area contributed by atoms with Crippen molar-refractivity contribution in [3.8, 4) is 0 Å². The molecule has 58 valence electrons. The quantitative estimate of drug-likeness (QED) is 0.448. The van der Waals surface area contributed by atoms with E-state index in [9.17, 15) is 0 Å². The maximum Gasteiger partial charge on any atom is 0.104 e. The van der Waals surface area contributed by atoms with Crippen LogP contribution in [-0.4, -0.2) is 16.9 Å². The summed E-state index contributed by atoms with van der Waals surface area (Å²) in [6, 6.07) is 0. The molecule has 0 aromatic carbocycles. The summed E-state index contributed by atoms with van der Waals surface area (Å²) in [5, 5.41) is 0. The topological polar surface area (TPSA) is 3.24 Å². The lowest BCUT2D eigenvalue weighted by molar-refractivity contribution is 0.709. The molecule has 0 radical (unpaired) electrons. The van der Waals surface area contributed by atoms with E-state index in [0.29, 0.717) is 4.99 Å². The van der Waals surface area contributed by atoms with Crippen LogP contribution in [0, 0.1) is 0 Å². The first-order valence-electron chi connectivity index (χ1n) is 3.24. The summed E-state index contributed by atoms with van der Waals surface area (Å²) in [4.78, 5) is 2.42. The van der Waals surface area contributed by atoms with E-state index in [4.69, 9.17) is 12.2 Å². The molecule has 0 rings (SSSR count). The van der Waals surface area contributed by atoms with E-state index in [1.165, 1.54) is 0 Å². The van der Waals surface area contributed by atoms with E-state index < -0.39 is 0 Å². The highest BCUT2D eigenvalue weighted by atomic mass is 32.1. The van der Waals surface area contributed by atoms with Gasteiger partial charge in [-0.2, -0.15) is 0 Å². The van der Waals surface area contributed by atoms with Gasteiger partial charge in [0.1, 0.15) is 4.99 Å². The monoisotopic (exact) mass is 157 g/mol. The summed E-state index contributed by atoms with van der Waals surface area (Å²) in [5.74, 6) is 0. The molecular weight excluding hydrogens is 142 g/mol. The van der Waals surface area contributed by atoms with E-state index >= 15 is 0 Å². The van der Waals surface area contributed by atoms with Crippen molar-refractivity contribution in [2.24, 2.45) is 0 Å². The van der Waals surface area contributed by atoms with Crippen LogP contribution in [0.4, 0.5) is 0 Å². The SMILES string of the molecule is C=CC(=S)N(C)C=C.CC. The second-order valence-corrected chi connectivity index (χ2v) is 1.75. The third-order valence-electron chi connectivity index (χ3n) is 0.796. The van der Waals surface area contributed by atoms with Gasteiger partial charge in [-0.3, -0.25) is 0 Å². The number of rotatable bonds is 2. The number of thiocarbonyl (C=S) groups is 1. The van der Waals surface area contributed by atoms with Gasteiger partial charge in [-0.1, -0.05) is 39.2 Å². The van der Waals surface area contributed by atoms with E-state index in [1.54, 1.807) is 17.2 Å². The molecule has 0 bridgehead atoms. The van der Waals surface area contributed by atoms with Crippen LogP contribution in [0.2, 0.25) is 0 Å². The Morgan fingerprint density at radius 3 is 1.90 bits per heavy atom. The highest BCUT2D eigenvalue weighted by molar-refractivity contribution is 7.80. The van der Waals surface area contributed by atoms with Crippen LogP contribution in [0.5, 0.6) is 0 Å². The van der Waals surface area contributed by atoms with E-state index in [2.05, 4.69) is 13.2 Å². The Hall–Kier alpha value is -0.630. The molecule has 2 heteroatoms. The molecule has 0 spiro atoms. The minimum Gasteiger partial charge on any atom is -0.343 e. The second-order valence-electron chi connectivity index (χ2n) is 1.34. The number of nitrogens with zero attached hydrogens (tertiary/aromatic N) is 1. The Balaban J connectivity index is 0. The third kappa shape index (κ3) is 5.51. The predicted octanol–water partition coefficient (Wildman–Crippen LogP) is 2.60. The Bertz CT molecular complexity index is 118. The minimum atomic E-state index is 0.694. The lowest BCUT2D eigenvalue weighted by atomic mass is 10.6. The predicted molar refractivity (Wildman–Crippen MR) is 52.1 cm³/mol. The molecule has 0 unspecified atom stereocenters. The number of hydrogen-bond donors (Lipinski definition) is 0. The van der Waals surface area contributed by atoms with Crippen molar-refractivity contribution in [2.75, 3.05) is 7.05 Å². The second kappa shape index (κ2) is 8.37. The van der Waals surface area contributed by atoms with Gasteiger partial charge in [-0.05, 0) is 12.3 Å². The molecule has 0 aliphatic rings. The molecule has 0 atom stereocenters. The van der Waals surface area contributed by atoms with Gasteiger partial charge in [0.25, 0.3) is 0 Å². The molecule has 10 heavy (non-hydrogen) atoms. The smallest absolute Gasteiger partial charge is 0.104 e. The molecule has 0 saturated heterocycles. The molecule has 0 amide bonds. The maximum absolute atomic E-state index is 4.81. The fraction of sp³-hybridized carbons (Fsp3) is 0.375. The van der Waals surface area contributed by atoms with E-state index in [0.717, 1.165) is 0 Å². The van der Waals surface area contributed by atoms with E-state index in [-0.39, 0.29) is 0 Å². The highest BCUT2D eigenvalue weighted by Gasteiger charge is 1.89. The summed E-state index contributed by atoms with van der Waals surface area (Å²) in [6.45, 7) is 11.0. The summed E-state index contributed by atoms with van der Waals surface area (Å²) >= 11 is 4.81. The summed E-state index contributed by atoms with van der Waals surface area (Å²) in [6.07, 6.45) is 3.25. The Morgan fingerprint density at radius 2 is 1.80 bits per heavy atom. The first kappa shape index (κ1) is 12.1. The summed E-state index contributed by atoms with van der Waals surface area (Å²) < 4.78 is 0. The van der Waals surface area contributed by atoms with Crippen LogP contribution in [-0.2, 0) is 0 Å². The molecule has 0 aromatic heterocycles. The van der Waals surface area contributed by atoms with Crippen molar-refractivity contribution in [1.29, 1.82) is 0 Å². The van der Waals surface area contributed by atoms with Gasteiger partial charge in [-0.25, -0.2) is 0 Å². The Labute approximate surface area is 69.0 Å². The van der Waals surface area contributed by atoms with Crippen molar-refractivity contribution in [1.82, 2.24) is 4.90 Å². The zero-order chi connectivity index (χ0) is 8.57. The van der Waals surface area contributed by atoms with Crippen molar-refractivity contribution >= 4 is 17.2 Å². The van der Waals surface area contributed by atoms with Crippen LogP contribution in [0.3, 0.4) is 0 Å². The van der Waals surface area contributed by atoms with Crippen molar-refractivity contribution in [3.63, 3.8) is 0 Å². The first-order chi connectivity index (χ1) is 4.72. The summed E-state index contributed by atoms with van der Waals surface area (Å²) in [5.41, 5.74) is 0. The molecule has 0 heterocycles.